The molecule has 2 aromatic rings. The van der Waals surface area contributed by atoms with E-state index in [4.69, 9.17) is 5.11 Å². The topological polar surface area (TPSA) is 88.2 Å². The van der Waals surface area contributed by atoms with Gasteiger partial charge in [0.1, 0.15) is 11.0 Å². The Balaban J connectivity index is 2.32. The first-order valence-corrected chi connectivity index (χ1v) is 4.38. The average molecular weight is 207 g/mol. The van der Waals surface area contributed by atoms with Gasteiger partial charge in [-0.05, 0) is 12.1 Å². The minimum absolute atomic E-state index is 0.416. The molecule has 0 bridgehead atoms. The fourth-order valence-electron chi connectivity index (χ4n) is 1.25. The number of aliphatic hydroxyl groups excluding tert-OH is 1. The summed E-state index contributed by atoms with van der Waals surface area (Å²) in [7, 11) is 0. The van der Waals surface area contributed by atoms with Crippen molar-refractivity contribution in [2.45, 2.75) is 12.6 Å². The van der Waals surface area contributed by atoms with Crippen LogP contribution >= 0.6 is 0 Å². The van der Waals surface area contributed by atoms with Gasteiger partial charge in [0, 0.05) is 0 Å². The van der Waals surface area contributed by atoms with Crippen molar-refractivity contribution in [1.29, 1.82) is 0 Å². The molecule has 0 aliphatic rings. The maximum absolute atomic E-state index is 10.4. The van der Waals surface area contributed by atoms with Crippen molar-refractivity contribution >= 4 is 17.0 Å². The number of benzene rings is 1. The van der Waals surface area contributed by atoms with E-state index in [2.05, 4.69) is 10.2 Å². The van der Waals surface area contributed by atoms with Gasteiger partial charge in [-0.15, -0.1) is 0 Å². The molecule has 0 amide bonds. The molecule has 2 N–H and O–H groups in total. The summed E-state index contributed by atoms with van der Waals surface area (Å²) >= 11 is 0. The number of fused-ring (bicyclic) bond motifs is 1. The van der Waals surface area contributed by atoms with E-state index in [1.54, 1.807) is 24.3 Å². The highest BCUT2D eigenvalue weighted by Crippen LogP contribution is 2.11. The number of aliphatic carboxylic acids is 1. The van der Waals surface area contributed by atoms with Crippen LogP contribution in [-0.2, 0) is 4.79 Å². The summed E-state index contributed by atoms with van der Waals surface area (Å²) in [5.74, 6) is -1.09. The first kappa shape index (κ1) is 9.60. The number of nitrogens with zero attached hydrogens (tertiary/aromatic N) is 3. The smallest absolute Gasteiger partial charge is 0.308 e. The molecule has 1 atom stereocenters. The predicted octanol–water partition coefficient (Wildman–Crippen LogP) is 0.397. The van der Waals surface area contributed by atoms with Crippen LogP contribution < -0.4 is 0 Å². The number of aliphatic hydroxyl groups is 1. The summed E-state index contributed by atoms with van der Waals surface area (Å²) < 4.78 is 0. The molecule has 0 radical (unpaired) electrons. The molecule has 1 aromatic heterocycles. The van der Waals surface area contributed by atoms with E-state index in [9.17, 15) is 9.90 Å². The zero-order valence-corrected chi connectivity index (χ0v) is 7.74. The van der Waals surface area contributed by atoms with Gasteiger partial charge >= 0.3 is 5.97 Å². The highest BCUT2D eigenvalue weighted by atomic mass is 16.4. The van der Waals surface area contributed by atoms with Crippen LogP contribution in [0.3, 0.4) is 0 Å². The number of rotatable bonds is 3. The van der Waals surface area contributed by atoms with Gasteiger partial charge in [-0.2, -0.15) is 15.0 Å². The predicted molar refractivity (Wildman–Crippen MR) is 51.0 cm³/mol. The highest BCUT2D eigenvalue weighted by molar-refractivity contribution is 5.73. The third-order valence-electron chi connectivity index (χ3n) is 1.93. The monoisotopic (exact) mass is 207 g/mol. The molecule has 6 heteroatoms. The molecule has 15 heavy (non-hydrogen) atoms. The Morgan fingerprint density at radius 2 is 1.87 bits per heavy atom. The average Bonchev–Trinajstić information content (AvgIpc) is 2.59. The van der Waals surface area contributed by atoms with Crippen molar-refractivity contribution in [1.82, 2.24) is 15.0 Å². The molecular formula is C9H9N3O3. The van der Waals surface area contributed by atoms with Crippen molar-refractivity contribution < 1.29 is 15.0 Å². The molecular weight excluding hydrogens is 198 g/mol. The Labute approximate surface area is 84.8 Å². The Morgan fingerprint density at radius 3 is 2.33 bits per heavy atom. The second-order valence-electron chi connectivity index (χ2n) is 3.09. The fourth-order valence-corrected chi connectivity index (χ4v) is 1.25. The lowest BCUT2D eigenvalue weighted by Crippen LogP contribution is -2.15. The van der Waals surface area contributed by atoms with Gasteiger partial charge in [0.2, 0.25) is 0 Å². The molecule has 0 spiro atoms. The quantitative estimate of drug-likeness (QED) is 0.760. The van der Waals surface area contributed by atoms with Crippen LogP contribution in [0.25, 0.3) is 11.0 Å². The number of carboxylic acids is 1. The number of hydrogen-bond acceptors (Lipinski definition) is 4. The summed E-state index contributed by atoms with van der Waals surface area (Å²) in [6.45, 7) is 0. The van der Waals surface area contributed by atoms with E-state index in [1.165, 1.54) is 0 Å². The minimum atomic E-state index is -1.23. The Kier molecular flexibility index (Phi) is 2.34. The van der Waals surface area contributed by atoms with Crippen LogP contribution in [-0.4, -0.2) is 31.2 Å². The molecule has 0 saturated heterocycles. The van der Waals surface area contributed by atoms with Crippen molar-refractivity contribution in [3.63, 3.8) is 0 Å². The molecule has 1 aromatic carbocycles. The molecule has 6 nitrogen and oxygen atoms in total. The first-order valence-electron chi connectivity index (χ1n) is 4.38. The van der Waals surface area contributed by atoms with Gasteiger partial charge < -0.3 is 10.2 Å². The second kappa shape index (κ2) is 3.66. The lowest BCUT2D eigenvalue weighted by atomic mass is 10.3. The number of hydrogen-bond donors (Lipinski definition) is 2. The van der Waals surface area contributed by atoms with Gasteiger partial charge in [0.15, 0.2) is 6.23 Å². The summed E-state index contributed by atoms with van der Waals surface area (Å²) in [5.41, 5.74) is 1.25. The number of aromatic nitrogens is 3. The Hall–Kier alpha value is -1.95. The fraction of sp³-hybridized carbons (Fsp3) is 0.222. The largest absolute Gasteiger partial charge is 0.481 e. The zero-order valence-electron chi connectivity index (χ0n) is 7.74. The van der Waals surface area contributed by atoms with Gasteiger partial charge in [-0.25, -0.2) is 0 Å². The van der Waals surface area contributed by atoms with Crippen LogP contribution in [0.5, 0.6) is 0 Å². The molecule has 78 valence electrons. The van der Waals surface area contributed by atoms with Gasteiger partial charge in [-0.3, -0.25) is 4.79 Å². The highest BCUT2D eigenvalue weighted by Gasteiger charge is 2.14. The van der Waals surface area contributed by atoms with Crippen molar-refractivity contribution in [3.05, 3.63) is 24.3 Å². The second-order valence-corrected chi connectivity index (χ2v) is 3.09. The standard InChI is InChI=1S/C9H9N3O3/c13-8(5-9(14)15)12-10-6-3-1-2-4-7(6)11-12/h1-4,8,13H,5H2,(H,14,15). The Bertz CT molecular complexity index is 461. The lowest BCUT2D eigenvalue weighted by molar-refractivity contribution is -0.141. The summed E-state index contributed by atoms with van der Waals surface area (Å²) in [5, 5.41) is 25.9. The molecule has 2 rings (SSSR count). The van der Waals surface area contributed by atoms with Crippen LogP contribution in [0.2, 0.25) is 0 Å². The van der Waals surface area contributed by atoms with Crippen molar-refractivity contribution in [3.8, 4) is 0 Å². The van der Waals surface area contributed by atoms with Crippen molar-refractivity contribution in [2.24, 2.45) is 0 Å². The minimum Gasteiger partial charge on any atom is -0.481 e. The van der Waals surface area contributed by atoms with E-state index >= 15 is 0 Å². The number of carboxylic acid groups (broad SMARTS) is 1. The molecule has 1 heterocycles. The third kappa shape index (κ3) is 1.94. The van der Waals surface area contributed by atoms with E-state index in [0.717, 1.165) is 4.80 Å². The number of carbonyl (C=O) groups is 1. The van der Waals surface area contributed by atoms with Crippen molar-refractivity contribution in [2.75, 3.05) is 0 Å². The van der Waals surface area contributed by atoms with E-state index in [-0.39, 0.29) is 0 Å². The van der Waals surface area contributed by atoms with E-state index < -0.39 is 18.6 Å². The van der Waals surface area contributed by atoms with Gasteiger partial charge in [-0.1, -0.05) is 12.1 Å². The summed E-state index contributed by atoms with van der Waals surface area (Å²) in [4.78, 5) is 11.4. The van der Waals surface area contributed by atoms with E-state index in [0.29, 0.717) is 11.0 Å². The third-order valence-corrected chi connectivity index (χ3v) is 1.93. The normalized spacial score (nSPS) is 12.9. The van der Waals surface area contributed by atoms with Gasteiger partial charge in [0.25, 0.3) is 0 Å². The Morgan fingerprint density at radius 1 is 1.33 bits per heavy atom. The molecule has 0 fully saturated rings. The lowest BCUT2D eigenvalue weighted by Gasteiger charge is -2.04. The van der Waals surface area contributed by atoms with E-state index in [1.807, 2.05) is 0 Å². The SMILES string of the molecule is O=C(O)CC(O)n1nc2ccccc2n1. The molecule has 0 saturated carbocycles. The summed E-state index contributed by atoms with van der Waals surface area (Å²) in [6.07, 6.45) is -1.64. The first-order chi connectivity index (χ1) is 7.16. The van der Waals surface area contributed by atoms with Crippen LogP contribution in [0.15, 0.2) is 24.3 Å². The zero-order chi connectivity index (χ0) is 10.8. The van der Waals surface area contributed by atoms with Gasteiger partial charge in [0.05, 0.1) is 6.42 Å². The van der Waals surface area contributed by atoms with Crippen LogP contribution in [0.4, 0.5) is 0 Å². The maximum Gasteiger partial charge on any atom is 0.308 e. The molecule has 0 aliphatic heterocycles. The molecule has 1 unspecified atom stereocenters. The summed E-state index contributed by atoms with van der Waals surface area (Å²) in [6, 6.07) is 7.08. The maximum atomic E-state index is 10.4. The van der Waals surface area contributed by atoms with Crippen LogP contribution in [0.1, 0.15) is 12.6 Å². The molecule has 0 aliphatic carbocycles. The van der Waals surface area contributed by atoms with Crippen LogP contribution in [0, 0.1) is 0 Å².